The fraction of sp³-hybridized carbons (Fsp3) is 0.321. The lowest BCUT2D eigenvalue weighted by Crippen LogP contribution is -3.09. The lowest BCUT2D eigenvalue weighted by Gasteiger charge is -2.36. The molecule has 0 saturated carbocycles. The van der Waals surface area contributed by atoms with Gasteiger partial charge in [0, 0.05) is 16.7 Å². The molecule has 0 aromatic heterocycles. The van der Waals surface area contributed by atoms with Gasteiger partial charge in [0.05, 0.1) is 26.6 Å². The van der Waals surface area contributed by atoms with Gasteiger partial charge in [-0.25, -0.2) is 0 Å². The number of likely N-dealkylation sites (N-methyl/N-ethyl adjacent to an activating group) is 1. The minimum Gasteiger partial charge on any atom is -0.360 e. The van der Waals surface area contributed by atoms with Gasteiger partial charge in [0.2, 0.25) is 5.72 Å². The number of nitrogens with one attached hydrogen (secondary N) is 1. The van der Waals surface area contributed by atoms with Crippen LogP contribution in [0.15, 0.2) is 78.0 Å². The summed E-state index contributed by atoms with van der Waals surface area (Å²) in [6.45, 7) is 8.42. The largest absolute Gasteiger partial charge is 0.360 e. The average Bonchev–Trinajstić information content (AvgIpc) is 3.07. The van der Waals surface area contributed by atoms with Crippen molar-refractivity contribution in [3.63, 3.8) is 0 Å². The molecule has 0 spiro atoms. The van der Waals surface area contributed by atoms with Crippen LogP contribution >= 0.6 is 0 Å². The molecule has 1 saturated heterocycles. The second-order valence-corrected chi connectivity index (χ2v) is 9.35. The number of benzene rings is 3. The molecule has 32 heavy (non-hydrogen) atoms. The van der Waals surface area contributed by atoms with Crippen molar-refractivity contribution in [1.82, 2.24) is 4.90 Å². The summed E-state index contributed by atoms with van der Waals surface area (Å²) in [5.41, 5.74) is 6.87. The molecule has 2 aliphatic rings. The number of fused-ring (bicyclic) bond motifs is 1. The SMILES string of the molecule is Cc1cc(C)c(C2=NO[C@@]3(c4ccccc4)CC(c4ccccc4)[NH+](C)CCN23)c(C)c1. The maximum absolute atomic E-state index is 6.52. The van der Waals surface area contributed by atoms with Crippen LogP contribution < -0.4 is 4.90 Å². The molecule has 3 aromatic carbocycles. The maximum atomic E-state index is 6.52. The first-order chi connectivity index (χ1) is 15.5. The Morgan fingerprint density at radius 2 is 1.56 bits per heavy atom. The molecule has 164 valence electrons. The van der Waals surface area contributed by atoms with E-state index in [1.165, 1.54) is 32.7 Å². The third kappa shape index (κ3) is 3.39. The predicted molar refractivity (Wildman–Crippen MR) is 129 cm³/mol. The molecule has 1 N–H and O–H groups in total. The van der Waals surface area contributed by atoms with Crippen molar-refractivity contribution in [1.29, 1.82) is 0 Å². The van der Waals surface area contributed by atoms with Crippen molar-refractivity contribution in [3.8, 4) is 0 Å². The van der Waals surface area contributed by atoms with Gasteiger partial charge in [0.1, 0.15) is 6.04 Å². The first-order valence-electron chi connectivity index (χ1n) is 11.5. The number of amidine groups is 1. The van der Waals surface area contributed by atoms with Gasteiger partial charge in [0.15, 0.2) is 5.84 Å². The molecule has 1 fully saturated rings. The molecule has 3 atom stereocenters. The quantitative estimate of drug-likeness (QED) is 0.683. The van der Waals surface area contributed by atoms with Gasteiger partial charge in [-0.1, -0.05) is 83.5 Å². The van der Waals surface area contributed by atoms with E-state index < -0.39 is 5.72 Å². The molecular weight excluding hydrogens is 394 g/mol. The van der Waals surface area contributed by atoms with E-state index in [0.717, 1.165) is 30.9 Å². The van der Waals surface area contributed by atoms with Crippen molar-refractivity contribution in [3.05, 3.63) is 106 Å². The van der Waals surface area contributed by atoms with Crippen molar-refractivity contribution < 1.29 is 9.74 Å². The van der Waals surface area contributed by atoms with Gasteiger partial charge < -0.3 is 14.6 Å². The number of hydrogen-bond donors (Lipinski definition) is 1. The Hall–Kier alpha value is -3.11. The molecular formula is C28H32N3O+. The van der Waals surface area contributed by atoms with Crippen LogP contribution in [0.5, 0.6) is 0 Å². The van der Waals surface area contributed by atoms with Crippen LogP contribution in [0.1, 0.15) is 45.8 Å². The topological polar surface area (TPSA) is 29.3 Å². The van der Waals surface area contributed by atoms with Gasteiger partial charge in [0.25, 0.3) is 0 Å². The first-order valence-corrected chi connectivity index (χ1v) is 11.5. The van der Waals surface area contributed by atoms with Crippen molar-refractivity contribution in [2.75, 3.05) is 20.1 Å². The van der Waals surface area contributed by atoms with Gasteiger partial charge in [-0.2, -0.15) is 0 Å². The highest BCUT2D eigenvalue weighted by Crippen LogP contribution is 2.44. The molecule has 4 nitrogen and oxygen atoms in total. The molecule has 0 radical (unpaired) electrons. The first kappa shape index (κ1) is 20.8. The van der Waals surface area contributed by atoms with E-state index in [-0.39, 0.29) is 0 Å². The summed E-state index contributed by atoms with van der Waals surface area (Å²) in [6, 6.07) is 26.3. The number of aryl methyl sites for hydroxylation is 3. The molecule has 0 bridgehead atoms. The standard InChI is InChI=1S/C28H31N3O/c1-20-17-21(2)26(22(3)18-20)27-29-32-28(24-13-9-6-10-14-24)19-25(23-11-7-5-8-12-23)30(4)15-16-31(27)28/h5-14,17-18,25H,15-16,19H2,1-4H3/p+1/t25?,28-/m1/s1. The maximum Gasteiger partial charge on any atom is 0.243 e. The molecule has 3 aromatic rings. The van der Waals surface area contributed by atoms with Crippen molar-refractivity contribution in [2.45, 2.75) is 39.0 Å². The summed E-state index contributed by atoms with van der Waals surface area (Å²) in [7, 11) is 2.30. The Balaban J connectivity index is 1.64. The number of rotatable bonds is 3. The Bertz CT molecular complexity index is 1120. The fourth-order valence-corrected chi connectivity index (χ4v) is 5.56. The minimum atomic E-state index is -0.612. The molecule has 0 aliphatic carbocycles. The average molecular weight is 427 g/mol. The zero-order valence-electron chi connectivity index (χ0n) is 19.4. The summed E-state index contributed by atoms with van der Waals surface area (Å²) in [5, 5.41) is 4.78. The smallest absolute Gasteiger partial charge is 0.243 e. The summed E-state index contributed by atoms with van der Waals surface area (Å²) in [5.74, 6) is 0.963. The van der Waals surface area contributed by atoms with E-state index in [4.69, 9.17) is 9.99 Å². The van der Waals surface area contributed by atoms with Crippen LogP contribution in [0.4, 0.5) is 0 Å². The normalized spacial score (nSPS) is 25.0. The number of nitrogens with zero attached hydrogens (tertiary/aromatic N) is 2. The second-order valence-electron chi connectivity index (χ2n) is 9.35. The highest BCUT2D eigenvalue weighted by Gasteiger charge is 2.53. The van der Waals surface area contributed by atoms with Crippen LogP contribution in [0.25, 0.3) is 0 Å². The number of oxime groups is 1. The van der Waals surface area contributed by atoms with E-state index in [2.05, 4.69) is 106 Å². The van der Waals surface area contributed by atoms with E-state index in [1.54, 1.807) is 0 Å². The fourth-order valence-electron chi connectivity index (χ4n) is 5.56. The predicted octanol–water partition coefficient (Wildman–Crippen LogP) is 4.12. The van der Waals surface area contributed by atoms with E-state index in [9.17, 15) is 0 Å². The zero-order valence-corrected chi connectivity index (χ0v) is 19.4. The second kappa shape index (κ2) is 8.10. The van der Waals surface area contributed by atoms with Crippen LogP contribution in [0.2, 0.25) is 0 Å². The Labute approximate surface area is 191 Å². The third-order valence-corrected chi connectivity index (χ3v) is 7.11. The van der Waals surface area contributed by atoms with Gasteiger partial charge in [-0.05, 0) is 31.9 Å². The lowest BCUT2D eigenvalue weighted by atomic mass is 9.89. The van der Waals surface area contributed by atoms with E-state index in [1.807, 2.05) is 0 Å². The highest BCUT2D eigenvalue weighted by molar-refractivity contribution is 6.02. The molecule has 2 unspecified atom stereocenters. The molecule has 4 heteroatoms. The summed E-state index contributed by atoms with van der Waals surface area (Å²) < 4.78 is 0. The monoisotopic (exact) mass is 426 g/mol. The molecule has 2 heterocycles. The zero-order chi connectivity index (χ0) is 22.3. The van der Waals surface area contributed by atoms with Crippen molar-refractivity contribution >= 4 is 5.84 Å². The van der Waals surface area contributed by atoms with Crippen LogP contribution in [-0.4, -0.2) is 30.9 Å². The Kier molecular flexibility index (Phi) is 5.26. The lowest BCUT2D eigenvalue weighted by molar-refractivity contribution is -0.911. The van der Waals surface area contributed by atoms with Gasteiger partial charge >= 0.3 is 0 Å². The minimum absolute atomic E-state index is 0.316. The molecule has 0 amide bonds. The van der Waals surface area contributed by atoms with Gasteiger partial charge in [-0.15, -0.1) is 0 Å². The van der Waals surface area contributed by atoms with Crippen LogP contribution in [0.3, 0.4) is 0 Å². The summed E-state index contributed by atoms with van der Waals surface area (Å²) >= 11 is 0. The Morgan fingerprint density at radius 3 is 2.22 bits per heavy atom. The summed E-state index contributed by atoms with van der Waals surface area (Å²) in [4.78, 5) is 10.4. The number of hydrogen-bond acceptors (Lipinski definition) is 3. The summed E-state index contributed by atoms with van der Waals surface area (Å²) in [6.07, 6.45) is 0.837. The third-order valence-electron chi connectivity index (χ3n) is 7.11. The van der Waals surface area contributed by atoms with Crippen LogP contribution in [-0.2, 0) is 10.6 Å². The van der Waals surface area contributed by atoms with Crippen LogP contribution in [0, 0.1) is 20.8 Å². The molecule has 2 aliphatic heterocycles. The molecule has 5 rings (SSSR count). The van der Waals surface area contributed by atoms with E-state index in [0.29, 0.717) is 6.04 Å². The number of quaternary nitrogens is 1. The highest BCUT2D eigenvalue weighted by atomic mass is 16.7. The van der Waals surface area contributed by atoms with E-state index >= 15 is 0 Å². The van der Waals surface area contributed by atoms with Crippen molar-refractivity contribution in [2.24, 2.45) is 5.16 Å². The van der Waals surface area contributed by atoms with Gasteiger partial charge in [-0.3, -0.25) is 0 Å². The Morgan fingerprint density at radius 1 is 0.938 bits per heavy atom.